The summed E-state index contributed by atoms with van der Waals surface area (Å²) < 4.78 is 28.6. The Morgan fingerprint density at radius 1 is 1.20 bits per heavy atom. The first-order valence-electron chi connectivity index (χ1n) is 8.94. The molecule has 0 radical (unpaired) electrons. The van der Waals surface area contributed by atoms with Crippen LogP contribution in [0, 0.1) is 5.92 Å². The Kier molecular flexibility index (Phi) is 6.49. The second-order valence-electron chi connectivity index (χ2n) is 7.33. The van der Waals surface area contributed by atoms with Crippen molar-refractivity contribution in [1.29, 1.82) is 0 Å². The Hall–Kier alpha value is -1.56. The molecule has 1 saturated carbocycles. The van der Waals surface area contributed by atoms with E-state index >= 15 is 0 Å². The average molecular weight is 368 g/mol. The minimum atomic E-state index is -3.41. The molecular formula is C19H29NO4S. The number of carbonyl (C=O) groups excluding carboxylic acids is 1. The van der Waals surface area contributed by atoms with Crippen molar-refractivity contribution < 1.29 is 17.9 Å². The highest BCUT2D eigenvalue weighted by Gasteiger charge is 2.49. The lowest BCUT2D eigenvalue weighted by molar-refractivity contribution is -0.123. The van der Waals surface area contributed by atoms with Gasteiger partial charge in [0, 0.05) is 12.8 Å². The predicted octanol–water partition coefficient (Wildman–Crippen LogP) is 2.74. The largest absolute Gasteiger partial charge is 0.493 e. The van der Waals surface area contributed by atoms with Crippen molar-refractivity contribution in [3.63, 3.8) is 0 Å². The monoisotopic (exact) mass is 367 g/mol. The van der Waals surface area contributed by atoms with Crippen LogP contribution in [0.1, 0.15) is 45.1 Å². The number of nitrogens with one attached hydrogen (secondary N) is 1. The van der Waals surface area contributed by atoms with Gasteiger partial charge in [0.15, 0.2) is 9.84 Å². The molecule has 1 N–H and O–H groups in total. The van der Waals surface area contributed by atoms with Gasteiger partial charge in [0.25, 0.3) is 0 Å². The minimum absolute atomic E-state index is 0.343. The predicted molar refractivity (Wildman–Crippen MR) is 99.5 cm³/mol. The van der Waals surface area contributed by atoms with Crippen LogP contribution in [0.25, 0.3) is 0 Å². The van der Waals surface area contributed by atoms with E-state index in [1.54, 1.807) is 0 Å². The van der Waals surface area contributed by atoms with E-state index in [1.165, 1.54) is 6.26 Å². The zero-order valence-electron chi connectivity index (χ0n) is 15.4. The van der Waals surface area contributed by atoms with Crippen molar-refractivity contribution in [2.45, 2.75) is 50.7 Å². The van der Waals surface area contributed by atoms with Crippen molar-refractivity contribution in [1.82, 2.24) is 5.32 Å². The zero-order chi connectivity index (χ0) is 18.5. The second kappa shape index (κ2) is 8.21. The van der Waals surface area contributed by atoms with Crippen LogP contribution in [0.15, 0.2) is 24.3 Å². The summed E-state index contributed by atoms with van der Waals surface area (Å²) in [6.45, 7) is 5.32. The first-order chi connectivity index (χ1) is 11.7. The topological polar surface area (TPSA) is 72.5 Å². The number of hydrogen-bond acceptors (Lipinski definition) is 4. The summed E-state index contributed by atoms with van der Waals surface area (Å²) in [6, 6.07) is 7.80. The highest BCUT2D eigenvalue weighted by molar-refractivity contribution is 7.92. The molecule has 1 aromatic carbocycles. The molecule has 0 bridgehead atoms. The van der Waals surface area contributed by atoms with Gasteiger partial charge in [0.2, 0.25) is 5.91 Å². The Morgan fingerprint density at radius 2 is 1.80 bits per heavy atom. The highest BCUT2D eigenvalue weighted by Crippen LogP contribution is 2.36. The van der Waals surface area contributed by atoms with Crippen LogP contribution in [-0.4, -0.2) is 38.5 Å². The standard InChI is InChI=1S/C19H29NO4S/c1-15(2)14-24-17-8-6-16(7-9-17)10-13-20-18(21)19(25(3,22)23)11-4-5-12-19/h6-9,15H,4-5,10-14H2,1-3H3,(H,20,21). The lowest BCUT2D eigenvalue weighted by atomic mass is 10.1. The third kappa shape index (κ3) is 4.97. The van der Waals surface area contributed by atoms with Gasteiger partial charge in [-0.05, 0) is 42.9 Å². The van der Waals surface area contributed by atoms with Crippen molar-refractivity contribution in [3.8, 4) is 5.75 Å². The molecule has 1 aliphatic rings. The van der Waals surface area contributed by atoms with Gasteiger partial charge < -0.3 is 10.1 Å². The number of ether oxygens (including phenoxy) is 1. The lowest BCUT2D eigenvalue weighted by Gasteiger charge is -2.25. The van der Waals surface area contributed by atoms with Crippen molar-refractivity contribution in [2.24, 2.45) is 5.92 Å². The molecule has 5 nitrogen and oxygen atoms in total. The Labute approximate surface area is 151 Å². The summed E-state index contributed by atoms with van der Waals surface area (Å²) >= 11 is 0. The molecule has 0 unspecified atom stereocenters. The highest BCUT2D eigenvalue weighted by atomic mass is 32.2. The molecule has 1 aromatic rings. The van der Waals surface area contributed by atoms with E-state index in [-0.39, 0.29) is 5.91 Å². The zero-order valence-corrected chi connectivity index (χ0v) is 16.2. The van der Waals surface area contributed by atoms with Gasteiger partial charge >= 0.3 is 0 Å². The van der Waals surface area contributed by atoms with Crippen LogP contribution >= 0.6 is 0 Å². The molecule has 0 atom stereocenters. The van der Waals surface area contributed by atoms with Crippen LogP contribution in [0.2, 0.25) is 0 Å². The van der Waals surface area contributed by atoms with Gasteiger partial charge in [-0.15, -0.1) is 0 Å². The van der Waals surface area contributed by atoms with Crippen LogP contribution < -0.4 is 10.1 Å². The van der Waals surface area contributed by atoms with E-state index in [4.69, 9.17) is 4.74 Å². The van der Waals surface area contributed by atoms with Gasteiger partial charge in [0.05, 0.1) is 6.61 Å². The number of sulfone groups is 1. The first kappa shape index (κ1) is 19.8. The maximum Gasteiger partial charge on any atom is 0.241 e. The fourth-order valence-corrected chi connectivity index (χ4v) is 4.65. The maximum absolute atomic E-state index is 12.5. The van der Waals surface area contributed by atoms with Crippen LogP contribution in [0.4, 0.5) is 0 Å². The molecule has 0 spiro atoms. The maximum atomic E-state index is 12.5. The van der Waals surface area contributed by atoms with Crippen molar-refractivity contribution in [2.75, 3.05) is 19.4 Å². The Bertz CT molecular complexity index is 674. The molecule has 0 heterocycles. The van der Waals surface area contributed by atoms with Gasteiger partial charge in [0.1, 0.15) is 10.5 Å². The second-order valence-corrected chi connectivity index (χ2v) is 9.65. The summed E-state index contributed by atoms with van der Waals surface area (Å²) in [5.74, 6) is 0.973. The normalized spacial score (nSPS) is 16.8. The van der Waals surface area contributed by atoms with Crippen molar-refractivity contribution >= 4 is 15.7 Å². The lowest BCUT2D eigenvalue weighted by Crippen LogP contribution is -2.50. The molecule has 1 aliphatic carbocycles. The number of carbonyl (C=O) groups is 1. The molecule has 140 valence electrons. The molecule has 2 rings (SSSR count). The number of amides is 1. The molecule has 0 aromatic heterocycles. The average Bonchev–Trinajstić information content (AvgIpc) is 3.05. The summed E-state index contributed by atoms with van der Waals surface area (Å²) in [6.07, 6.45) is 4.28. The van der Waals surface area contributed by atoms with Crippen LogP contribution in [0.5, 0.6) is 5.75 Å². The van der Waals surface area contributed by atoms with Crippen LogP contribution in [0.3, 0.4) is 0 Å². The third-order valence-electron chi connectivity index (χ3n) is 4.74. The van der Waals surface area contributed by atoms with Gasteiger partial charge in [-0.3, -0.25) is 4.79 Å². The molecule has 1 amide bonds. The van der Waals surface area contributed by atoms with E-state index in [1.807, 2.05) is 24.3 Å². The Balaban J connectivity index is 1.86. The fourth-order valence-electron chi connectivity index (χ4n) is 3.21. The van der Waals surface area contributed by atoms with E-state index in [0.717, 1.165) is 24.2 Å². The van der Waals surface area contributed by atoms with E-state index in [0.29, 0.717) is 38.3 Å². The molecule has 0 aliphatic heterocycles. The van der Waals surface area contributed by atoms with Gasteiger partial charge in [-0.2, -0.15) is 0 Å². The quantitative estimate of drug-likeness (QED) is 0.767. The van der Waals surface area contributed by atoms with E-state index < -0.39 is 14.6 Å². The van der Waals surface area contributed by atoms with Crippen LogP contribution in [-0.2, 0) is 21.1 Å². The summed E-state index contributed by atoms with van der Waals surface area (Å²) in [5.41, 5.74) is 1.08. The first-order valence-corrected chi connectivity index (χ1v) is 10.8. The number of benzene rings is 1. The molecule has 25 heavy (non-hydrogen) atoms. The summed E-state index contributed by atoms with van der Waals surface area (Å²) in [7, 11) is -3.41. The smallest absolute Gasteiger partial charge is 0.241 e. The van der Waals surface area contributed by atoms with E-state index in [9.17, 15) is 13.2 Å². The summed E-state index contributed by atoms with van der Waals surface area (Å²) in [4.78, 5) is 12.5. The minimum Gasteiger partial charge on any atom is -0.493 e. The van der Waals surface area contributed by atoms with E-state index in [2.05, 4.69) is 19.2 Å². The molecule has 1 fully saturated rings. The molecule has 0 saturated heterocycles. The fraction of sp³-hybridized carbons (Fsp3) is 0.632. The SMILES string of the molecule is CC(C)COc1ccc(CCNC(=O)C2(S(C)(=O)=O)CCCC2)cc1. The molecule has 6 heteroatoms. The van der Waals surface area contributed by atoms with Crippen molar-refractivity contribution in [3.05, 3.63) is 29.8 Å². The number of rotatable bonds is 8. The van der Waals surface area contributed by atoms with Gasteiger partial charge in [-0.25, -0.2) is 8.42 Å². The number of hydrogen-bond donors (Lipinski definition) is 1. The summed E-state index contributed by atoms with van der Waals surface area (Å²) in [5, 5.41) is 2.83. The molecular weight excluding hydrogens is 338 g/mol. The third-order valence-corrected chi connectivity index (χ3v) is 6.75. The van der Waals surface area contributed by atoms with Gasteiger partial charge in [-0.1, -0.05) is 38.8 Å². The Morgan fingerprint density at radius 3 is 2.32 bits per heavy atom.